The number of nitrogens with one attached hydrogen (secondary N) is 2. The van der Waals surface area contributed by atoms with Crippen LogP contribution in [0.2, 0.25) is 0 Å². The van der Waals surface area contributed by atoms with Crippen LogP contribution in [0, 0.1) is 11.3 Å². The van der Waals surface area contributed by atoms with Gasteiger partial charge in [0.1, 0.15) is 0 Å². The molecule has 0 unspecified atom stereocenters. The fourth-order valence-corrected chi connectivity index (χ4v) is 4.96. The van der Waals surface area contributed by atoms with Crippen molar-refractivity contribution >= 4 is 11.9 Å². The quantitative estimate of drug-likeness (QED) is 0.815. The van der Waals surface area contributed by atoms with Gasteiger partial charge in [0.15, 0.2) is 0 Å². The highest BCUT2D eigenvalue weighted by Crippen LogP contribution is 2.44. The molecule has 1 aliphatic heterocycles. The van der Waals surface area contributed by atoms with Gasteiger partial charge >= 0.3 is 6.03 Å². The van der Waals surface area contributed by atoms with Crippen LogP contribution in [0.1, 0.15) is 70.6 Å². The third-order valence-corrected chi connectivity index (χ3v) is 6.70. The van der Waals surface area contributed by atoms with Crippen LogP contribution < -0.4 is 10.6 Å². The lowest BCUT2D eigenvalue weighted by Gasteiger charge is -2.44. The van der Waals surface area contributed by atoms with E-state index >= 15 is 0 Å². The lowest BCUT2D eigenvalue weighted by molar-refractivity contribution is -0.125. The maximum Gasteiger partial charge on any atom is 0.317 e. The number of carbonyl (C=O) groups is 2. The van der Waals surface area contributed by atoms with E-state index in [0.29, 0.717) is 5.41 Å². The summed E-state index contributed by atoms with van der Waals surface area (Å²) in [5.74, 6) is 0.276. The second kappa shape index (κ2) is 7.75. The second-order valence-electron chi connectivity index (χ2n) is 8.16. The molecule has 3 aliphatic rings. The largest absolute Gasteiger partial charge is 0.359 e. The molecule has 0 bridgehead atoms. The molecule has 2 saturated carbocycles. The molecular formula is C19H33N3O2. The zero-order valence-electron chi connectivity index (χ0n) is 15.1. The Morgan fingerprint density at radius 1 is 0.917 bits per heavy atom. The monoisotopic (exact) mass is 335 g/mol. The molecule has 1 saturated heterocycles. The number of carbonyl (C=O) groups excluding carboxylic acids is 2. The average molecular weight is 335 g/mol. The number of rotatable bonds is 2. The van der Waals surface area contributed by atoms with Crippen molar-refractivity contribution in [2.45, 2.75) is 76.7 Å². The van der Waals surface area contributed by atoms with Crippen LogP contribution in [0.15, 0.2) is 0 Å². The van der Waals surface area contributed by atoms with E-state index in [1.807, 2.05) is 4.90 Å². The van der Waals surface area contributed by atoms with Crippen LogP contribution >= 0.6 is 0 Å². The first kappa shape index (κ1) is 17.6. The number of nitrogens with zero attached hydrogens (tertiary/aromatic N) is 1. The van der Waals surface area contributed by atoms with Crippen LogP contribution in [0.25, 0.3) is 0 Å². The first-order valence-corrected chi connectivity index (χ1v) is 9.89. The van der Waals surface area contributed by atoms with E-state index in [1.54, 1.807) is 7.05 Å². The van der Waals surface area contributed by atoms with Crippen molar-refractivity contribution in [3.8, 4) is 0 Å². The number of hydrogen-bond donors (Lipinski definition) is 2. The maximum absolute atomic E-state index is 12.5. The molecule has 3 amide bonds. The number of hydrogen-bond acceptors (Lipinski definition) is 2. The molecule has 2 aliphatic carbocycles. The van der Waals surface area contributed by atoms with E-state index in [0.717, 1.165) is 38.8 Å². The smallest absolute Gasteiger partial charge is 0.317 e. The Hall–Kier alpha value is -1.26. The van der Waals surface area contributed by atoms with E-state index < -0.39 is 0 Å². The summed E-state index contributed by atoms with van der Waals surface area (Å²) in [6.45, 7) is 1.83. The van der Waals surface area contributed by atoms with Gasteiger partial charge in [0, 0.05) is 32.1 Å². The van der Waals surface area contributed by atoms with E-state index in [4.69, 9.17) is 0 Å². The molecule has 0 aromatic heterocycles. The van der Waals surface area contributed by atoms with Gasteiger partial charge < -0.3 is 15.5 Å². The minimum atomic E-state index is 0.115. The molecule has 3 rings (SSSR count). The van der Waals surface area contributed by atoms with Crippen molar-refractivity contribution in [2.24, 2.45) is 11.3 Å². The van der Waals surface area contributed by atoms with Crippen molar-refractivity contribution in [1.29, 1.82) is 0 Å². The summed E-state index contributed by atoms with van der Waals surface area (Å²) in [6.07, 6.45) is 12.8. The molecule has 1 spiro atoms. The third-order valence-electron chi connectivity index (χ3n) is 6.70. The minimum Gasteiger partial charge on any atom is -0.359 e. The number of amides is 3. The van der Waals surface area contributed by atoms with Gasteiger partial charge in [-0.05, 0) is 56.8 Å². The van der Waals surface area contributed by atoms with E-state index in [9.17, 15) is 9.59 Å². The van der Waals surface area contributed by atoms with Crippen molar-refractivity contribution in [3.63, 3.8) is 0 Å². The maximum atomic E-state index is 12.5. The molecule has 24 heavy (non-hydrogen) atoms. The molecule has 5 nitrogen and oxygen atoms in total. The molecular weight excluding hydrogens is 302 g/mol. The molecule has 0 atom stereocenters. The van der Waals surface area contributed by atoms with Gasteiger partial charge in [-0.1, -0.05) is 19.3 Å². The van der Waals surface area contributed by atoms with E-state index in [-0.39, 0.29) is 23.9 Å². The number of piperidine rings is 1. The SMILES string of the molecule is CNC(=O)C1CCC(NC(=O)N2CCC3(CCCCC3)CC2)CC1. The highest BCUT2D eigenvalue weighted by Gasteiger charge is 2.37. The van der Waals surface area contributed by atoms with Crippen LogP contribution in [-0.4, -0.2) is 43.0 Å². The fourth-order valence-electron chi connectivity index (χ4n) is 4.96. The predicted molar refractivity (Wildman–Crippen MR) is 94.7 cm³/mol. The standard InChI is InChI=1S/C19H33N3O2/c1-20-17(23)15-5-7-16(8-6-15)21-18(24)22-13-11-19(12-14-22)9-3-2-4-10-19/h15-16H,2-14H2,1H3,(H,20,23)(H,21,24). The van der Waals surface area contributed by atoms with Crippen LogP contribution in [0.5, 0.6) is 0 Å². The molecule has 0 aromatic carbocycles. The molecule has 136 valence electrons. The van der Waals surface area contributed by atoms with Crippen molar-refractivity contribution in [3.05, 3.63) is 0 Å². The summed E-state index contributed by atoms with van der Waals surface area (Å²) in [5, 5.41) is 5.95. The Morgan fingerprint density at radius 3 is 2.12 bits per heavy atom. The number of urea groups is 1. The highest BCUT2D eigenvalue weighted by atomic mass is 16.2. The third kappa shape index (κ3) is 4.04. The topological polar surface area (TPSA) is 61.4 Å². The van der Waals surface area contributed by atoms with Gasteiger partial charge in [-0.2, -0.15) is 0 Å². The molecule has 5 heteroatoms. The lowest BCUT2D eigenvalue weighted by atomic mass is 9.68. The summed E-state index contributed by atoms with van der Waals surface area (Å²) in [5.41, 5.74) is 0.542. The Bertz CT molecular complexity index is 442. The molecule has 3 fully saturated rings. The van der Waals surface area contributed by atoms with Crippen molar-refractivity contribution in [2.75, 3.05) is 20.1 Å². The van der Waals surface area contributed by atoms with Gasteiger partial charge in [-0.3, -0.25) is 4.79 Å². The summed E-state index contributed by atoms with van der Waals surface area (Å²) in [6, 6.07) is 0.355. The molecule has 1 heterocycles. The Morgan fingerprint density at radius 2 is 1.54 bits per heavy atom. The lowest BCUT2D eigenvalue weighted by Crippen LogP contribution is -2.51. The van der Waals surface area contributed by atoms with Crippen molar-refractivity contribution < 1.29 is 9.59 Å². The summed E-state index contributed by atoms with van der Waals surface area (Å²) in [7, 11) is 1.70. The summed E-state index contributed by atoms with van der Waals surface area (Å²) >= 11 is 0. The zero-order valence-corrected chi connectivity index (χ0v) is 15.1. The van der Waals surface area contributed by atoms with Gasteiger partial charge in [-0.25, -0.2) is 4.79 Å². The number of likely N-dealkylation sites (tertiary alicyclic amines) is 1. The Balaban J connectivity index is 1.41. The molecule has 0 radical (unpaired) electrons. The second-order valence-corrected chi connectivity index (χ2v) is 8.16. The first-order valence-electron chi connectivity index (χ1n) is 9.89. The van der Waals surface area contributed by atoms with Crippen LogP contribution in [0.3, 0.4) is 0 Å². The van der Waals surface area contributed by atoms with Crippen LogP contribution in [-0.2, 0) is 4.79 Å². The van der Waals surface area contributed by atoms with E-state index in [2.05, 4.69) is 10.6 Å². The summed E-state index contributed by atoms with van der Waals surface area (Å²) in [4.78, 5) is 26.2. The van der Waals surface area contributed by atoms with Gasteiger partial charge in [0.25, 0.3) is 0 Å². The average Bonchev–Trinajstić information content (AvgIpc) is 2.63. The van der Waals surface area contributed by atoms with Gasteiger partial charge in [0.05, 0.1) is 0 Å². The minimum absolute atomic E-state index is 0.115. The van der Waals surface area contributed by atoms with Crippen molar-refractivity contribution in [1.82, 2.24) is 15.5 Å². The molecule has 0 aromatic rings. The zero-order chi connectivity index (χ0) is 17.0. The predicted octanol–water partition coefficient (Wildman–Crippen LogP) is 3.05. The highest BCUT2D eigenvalue weighted by molar-refractivity contribution is 5.78. The summed E-state index contributed by atoms with van der Waals surface area (Å²) < 4.78 is 0. The van der Waals surface area contributed by atoms with Crippen LogP contribution in [0.4, 0.5) is 4.79 Å². The first-order chi connectivity index (χ1) is 11.6. The molecule has 2 N–H and O–H groups in total. The van der Waals surface area contributed by atoms with Gasteiger partial charge in [0.2, 0.25) is 5.91 Å². The van der Waals surface area contributed by atoms with Gasteiger partial charge in [-0.15, -0.1) is 0 Å². The fraction of sp³-hybridized carbons (Fsp3) is 0.895. The normalized spacial score (nSPS) is 30.0. The Kier molecular flexibility index (Phi) is 5.67. The Labute approximate surface area is 145 Å². The van der Waals surface area contributed by atoms with E-state index in [1.165, 1.54) is 44.9 Å².